The van der Waals surface area contributed by atoms with Crippen LogP contribution in [0.1, 0.15) is 41.0 Å². The largest absolute Gasteiger partial charge is 0.491 e. The summed E-state index contributed by atoms with van der Waals surface area (Å²) >= 11 is 5.90. The van der Waals surface area contributed by atoms with Gasteiger partial charge in [0.05, 0.1) is 6.10 Å². The van der Waals surface area contributed by atoms with Crippen LogP contribution in [0.2, 0.25) is 5.28 Å². The maximum absolute atomic E-state index is 12.6. The van der Waals surface area contributed by atoms with E-state index in [2.05, 4.69) is 16.8 Å². The minimum atomic E-state index is -0.788. The van der Waals surface area contributed by atoms with E-state index in [0.29, 0.717) is 25.3 Å². The highest BCUT2D eigenvalue weighted by Crippen LogP contribution is 2.27. The topological polar surface area (TPSA) is 123 Å². The zero-order chi connectivity index (χ0) is 26.6. The van der Waals surface area contributed by atoms with Crippen LogP contribution < -0.4 is 9.64 Å². The average Bonchev–Trinajstić information content (AvgIpc) is 3.17. The van der Waals surface area contributed by atoms with Gasteiger partial charge in [-0.1, -0.05) is 0 Å². The molecule has 0 radical (unpaired) electrons. The van der Waals surface area contributed by atoms with Crippen LogP contribution in [0.5, 0.6) is 5.75 Å². The Bertz CT molecular complexity index is 1050. The Balaban J connectivity index is 1.50. The number of hydrogen-bond acceptors (Lipinski definition) is 8. The first-order chi connectivity index (χ1) is 16.8. The van der Waals surface area contributed by atoms with E-state index in [0.717, 1.165) is 5.69 Å². The van der Waals surface area contributed by atoms with Crippen molar-refractivity contribution in [3.8, 4) is 5.75 Å². The van der Waals surface area contributed by atoms with Crippen LogP contribution in [0.15, 0.2) is 30.5 Å². The summed E-state index contributed by atoms with van der Waals surface area (Å²) in [5.74, 6) is 0.281. The molecule has 2 aromatic rings. The molecule has 0 aliphatic carbocycles. The summed E-state index contributed by atoms with van der Waals surface area (Å²) in [6, 6.07) is 7.70. The molecule has 1 saturated heterocycles. The third-order valence-corrected chi connectivity index (χ3v) is 6.13. The first-order valence-electron chi connectivity index (χ1n) is 11.9. The number of halogens is 1. The minimum Gasteiger partial charge on any atom is -0.491 e. The summed E-state index contributed by atoms with van der Waals surface area (Å²) in [6.45, 7) is 11.2. The first-order valence-corrected chi connectivity index (χ1v) is 12.3. The Labute approximate surface area is 215 Å². The van der Waals surface area contributed by atoms with Crippen molar-refractivity contribution in [2.45, 2.75) is 71.4 Å². The third-order valence-electron chi connectivity index (χ3n) is 5.83. The summed E-state index contributed by atoms with van der Waals surface area (Å²) in [6.07, 6.45) is 0.452. The van der Waals surface area contributed by atoms with E-state index in [1.165, 1.54) is 10.8 Å². The van der Waals surface area contributed by atoms with Gasteiger partial charge in [-0.25, -0.2) is 4.79 Å². The number of anilines is 1. The Morgan fingerprint density at radius 1 is 1.25 bits per heavy atom. The number of amides is 1. The van der Waals surface area contributed by atoms with Gasteiger partial charge in [-0.15, -0.1) is 0 Å². The number of carbonyl (C=O) groups excluding carboxylic acids is 1. The van der Waals surface area contributed by atoms with E-state index in [4.69, 9.17) is 21.1 Å². The Kier molecular flexibility index (Phi) is 8.67. The van der Waals surface area contributed by atoms with Crippen molar-refractivity contribution < 1.29 is 24.3 Å². The average molecular weight is 524 g/mol. The molecule has 36 heavy (non-hydrogen) atoms. The quantitative estimate of drug-likeness (QED) is 0.405. The van der Waals surface area contributed by atoms with E-state index in [9.17, 15) is 20.0 Å². The lowest BCUT2D eigenvalue weighted by Gasteiger charge is -2.45. The van der Waals surface area contributed by atoms with E-state index in [1.54, 1.807) is 4.90 Å². The second-order valence-corrected chi connectivity index (χ2v) is 10.4. The van der Waals surface area contributed by atoms with Crippen LogP contribution in [0.25, 0.3) is 0 Å². The number of ether oxygens (including phenoxy) is 2. The number of benzene rings is 1. The standard InChI is InChI=1S/C24H34ClN5O6/c1-16-13-29(23(32)36-24(3,4)5)17(2)12-28(16)18-6-8-20(9-7-18)35-15-19(31)10-11-27-14-21(30(33)34)26-22(27)25/h6-9,14,16-17,19,31H,10-13,15H2,1-5H3/t16-,17+,19-/m0/s1. The lowest BCUT2D eigenvalue weighted by molar-refractivity contribution is -0.389. The number of aryl methyl sites for hydroxylation is 1. The van der Waals surface area contributed by atoms with Crippen molar-refractivity contribution >= 4 is 29.2 Å². The molecule has 1 aromatic carbocycles. The molecule has 3 rings (SSSR count). The molecule has 198 valence electrons. The molecule has 1 amide bonds. The van der Waals surface area contributed by atoms with E-state index in [1.807, 2.05) is 52.0 Å². The van der Waals surface area contributed by atoms with Gasteiger partial charge in [-0.3, -0.25) is 4.57 Å². The lowest BCUT2D eigenvalue weighted by atomic mass is 10.1. The molecule has 1 N–H and O–H groups in total. The SMILES string of the molecule is C[C@@H]1CN(c2ccc(OC[C@@H](O)CCn3cc([N+](=O)[O-])nc3Cl)cc2)[C@@H](C)CN1C(=O)OC(C)(C)C. The van der Waals surface area contributed by atoms with Gasteiger partial charge in [0.15, 0.2) is 0 Å². The molecule has 2 heterocycles. The number of aliphatic hydroxyl groups excluding tert-OH is 1. The molecule has 0 unspecified atom stereocenters. The number of imidazole rings is 1. The van der Waals surface area contributed by atoms with Crippen LogP contribution in [0.4, 0.5) is 16.3 Å². The summed E-state index contributed by atoms with van der Waals surface area (Å²) < 4.78 is 12.7. The number of rotatable bonds is 8. The zero-order valence-corrected chi connectivity index (χ0v) is 22.0. The number of piperazine rings is 1. The molecule has 1 fully saturated rings. The second-order valence-electron chi connectivity index (χ2n) is 10.0. The molecule has 3 atom stereocenters. The molecule has 0 spiro atoms. The third kappa shape index (κ3) is 7.23. The van der Waals surface area contributed by atoms with Crippen LogP contribution in [-0.4, -0.2) is 74.1 Å². The van der Waals surface area contributed by atoms with Crippen molar-refractivity contribution in [3.05, 3.63) is 45.9 Å². The van der Waals surface area contributed by atoms with Gasteiger partial charge in [0, 0.05) is 37.4 Å². The normalized spacial score (nSPS) is 19.2. The fourth-order valence-electron chi connectivity index (χ4n) is 3.98. The second kappa shape index (κ2) is 11.3. The van der Waals surface area contributed by atoms with Crippen molar-refractivity contribution in [2.75, 3.05) is 24.6 Å². The van der Waals surface area contributed by atoms with E-state index >= 15 is 0 Å². The summed E-state index contributed by atoms with van der Waals surface area (Å²) in [5.41, 5.74) is 0.482. The van der Waals surface area contributed by atoms with Crippen LogP contribution >= 0.6 is 11.6 Å². The fourth-order valence-corrected chi connectivity index (χ4v) is 4.20. The molecule has 0 saturated carbocycles. The van der Waals surface area contributed by atoms with Crippen LogP contribution in [0.3, 0.4) is 0 Å². The smallest absolute Gasteiger partial charge is 0.410 e. The summed E-state index contributed by atoms with van der Waals surface area (Å²) in [7, 11) is 0. The Morgan fingerprint density at radius 3 is 2.50 bits per heavy atom. The maximum atomic E-state index is 12.6. The number of hydrogen-bond donors (Lipinski definition) is 1. The predicted octanol–water partition coefficient (Wildman–Crippen LogP) is 4.11. The van der Waals surface area contributed by atoms with Crippen molar-refractivity contribution in [1.82, 2.24) is 14.5 Å². The zero-order valence-electron chi connectivity index (χ0n) is 21.3. The van der Waals surface area contributed by atoms with Crippen molar-refractivity contribution in [3.63, 3.8) is 0 Å². The summed E-state index contributed by atoms with van der Waals surface area (Å²) in [5, 5.41) is 21.0. The number of carbonyl (C=O) groups is 1. The predicted molar refractivity (Wildman–Crippen MR) is 136 cm³/mol. The van der Waals surface area contributed by atoms with Gasteiger partial charge < -0.3 is 34.5 Å². The molecule has 1 aromatic heterocycles. The monoisotopic (exact) mass is 523 g/mol. The maximum Gasteiger partial charge on any atom is 0.410 e. The minimum absolute atomic E-state index is 0.000816. The number of nitrogens with zero attached hydrogens (tertiary/aromatic N) is 5. The highest BCUT2D eigenvalue weighted by molar-refractivity contribution is 6.28. The van der Waals surface area contributed by atoms with Crippen molar-refractivity contribution in [1.29, 1.82) is 0 Å². The van der Waals surface area contributed by atoms with Gasteiger partial charge in [-0.2, -0.15) is 0 Å². The molecular weight excluding hydrogens is 490 g/mol. The molecular formula is C24H34ClN5O6. The Morgan fingerprint density at radius 2 is 1.92 bits per heavy atom. The van der Waals surface area contributed by atoms with Gasteiger partial charge in [-0.05, 0) is 86.8 Å². The summed E-state index contributed by atoms with van der Waals surface area (Å²) in [4.78, 5) is 30.4. The van der Waals surface area contributed by atoms with Crippen LogP contribution in [-0.2, 0) is 11.3 Å². The first kappa shape index (κ1) is 27.5. The molecule has 12 heteroatoms. The molecule has 11 nitrogen and oxygen atoms in total. The van der Waals surface area contributed by atoms with Gasteiger partial charge >= 0.3 is 17.2 Å². The number of aromatic nitrogens is 2. The Hall–Kier alpha value is -3.05. The van der Waals surface area contributed by atoms with E-state index < -0.39 is 16.6 Å². The molecule has 0 bridgehead atoms. The van der Waals surface area contributed by atoms with Gasteiger partial charge in [0.25, 0.3) is 0 Å². The fraction of sp³-hybridized carbons (Fsp3) is 0.583. The number of nitro groups is 1. The lowest BCUT2D eigenvalue weighted by Crippen LogP contribution is -2.58. The van der Waals surface area contributed by atoms with Crippen LogP contribution in [0, 0.1) is 10.1 Å². The highest BCUT2D eigenvalue weighted by atomic mass is 35.5. The van der Waals surface area contributed by atoms with Crippen molar-refractivity contribution in [2.24, 2.45) is 0 Å². The van der Waals surface area contributed by atoms with Gasteiger partial charge in [0.2, 0.25) is 0 Å². The molecule has 1 aliphatic rings. The molecule has 1 aliphatic heterocycles. The highest BCUT2D eigenvalue weighted by Gasteiger charge is 2.34. The van der Waals surface area contributed by atoms with Gasteiger partial charge in [0.1, 0.15) is 24.2 Å². The van der Waals surface area contributed by atoms with E-state index in [-0.39, 0.29) is 42.4 Å². The number of aliphatic hydroxyl groups is 1.